The molecule has 1 atom stereocenters. The first-order valence-corrected chi connectivity index (χ1v) is 9.00. The van der Waals surface area contributed by atoms with Crippen LogP contribution in [0, 0.1) is 11.6 Å². The Kier molecular flexibility index (Phi) is 6.01. The molecule has 1 N–H and O–H groups in total. The Balaban J connectivity index is 1.53. The van der Waals surface area contributed by atoms with Gasteiger partial charge in [-0.3, -0.25) is 9.69 Å². The van der Waals surface area contributed by atoms with E-state index in [1.165, 1.54) is 23.5 Å². The Bertz CT molecular complexity index is 756. The molecule has 25 heavy (non-hydrogen) atoms. The third-order valence-electron chi connectivity index (χ3n) is 3.92. The first-order chi connectivity index (χ1) is 12.0. The average molecular weight is 387 g/mol. The first-order valence-electron chi connectivity index (χ1n) is 7.81. The van der Waals surface area contributed by atoms with Crippen molar-refractivity contribution in [2.75, 3.05) is 26.2 Å². The normalized spacial score (nSPS) is 18.3. The van der Waals surface area contributed by atoms with Crippen molar-refractivity contribution in [2.45, 2.75) is 12.6 Å². The number of thiophene rings is 1. The lowest BCUT2D eigenvalue weighted by molar-refractivity contribution is -0.124. The molecule has 2 aromatic rings. The number of hydrogen-bond donors (Lipinski definition) is 1. The molecule has 0 radical (unpaired) electrons. The zero-order chi connectivity index (χ0) is 17.8. The number of benzene rings is 1. The fourth-order valence-electron chi connectivity index (χ4n) is 2.69. The largest absolute Gasteiger partial charge is 0.371 e. The molecule has 0 aliphatic carbocycles. The minimum absolute atomic E-state index is 0.121. The molecule has 1 aliphatic heterocycles. The summed E-state index contributed by atoms with van der Waals surface area (Å²) in [5.41, 5.74) is 0.305. The molecule has 134 valence electrons. The SMILES string of the molecule is O=C(CN1CCOC(c2ccc(F)cc2F)C1)NCc1ccc(Cl)s1. The van der Waals surface area contributed by atoms with Crippen LogP contribution in [0.25, 0.3) is 0 Å². The number of amides is 1. The van der Waals surface area contributed by atoms with Crippen LogP contribution in [-0.4, -0.2) is 37.0 Å². The van der Waals surface area contributed by atoms with E-state index in [1.54, 1.807) is 6.07 Å². The summed E-state index contributed by atoms with van der Waals surface area (Å²) in [6, 6.07) is 7.10. The van der Waals surface area contributed by atoms with Crippen molar-refractivity contribution in [3.63, 3.8) is 0 Å². The summed E-state index contributed by atoms with van der Waals surface area (Å²) in [5.74, 6) is -1.38. The van der Waals surface area contributed by atoms with E-state index in [2.05, 4.69) is 5.32 Å². The van der Waals surface area contributed by atoms with Crippen molar-refractivity contribution >= 4 is 28.8 Å². The predicted molar refractivity (Wildman–Crippen MR) is 92.7 cm³/mol. The Morgan fingerprint density at radius 2 is 2.20 bits per heavy atom. The number of carbonyl (C=O) groups excluding carboxylic acids is 1. The molecule has 1 saturated heterocycles. The van der Waals surface area contributed by atoms with E-state index in [4.69, 9.17) is 16.3 Å². The highest BCUT2D eigenvalue weighted by molar-refractivity contribution is 7.16. The molecular formula is C17H17ClF2N2O2S. The second kappa shape index (κ2) is 8.23. The summed E-state index contributed by atoms with van der Waals surface area (Å²) in [7, 11) is 0. The van der Waals surface area contributed by atoms with Crippen LogP contribution in [0.3, 0.4) is 0 Å². The van der Waals surface area contributed by atoms with E-state index in [1.807, 2.05) is 11.0 Å². The van der Waals surface area contributed by atoms with Crippen LogP contribution in [0.4, 0.5) is 8.78 Å². The van der Waals surface area contributed by atoms with Gasteiger partial charge in [0.1, 0.15) is 11.6 Å². The van der Waals surface area contributed by atoms with Crippen LogP contribution < -0.4 is 5.32 Å². The second-order valence-corrected chi connectivity index (χ2v) is 7.54. The smallest absolute Gasteiger partial charge is 0.234 e. The Labute approximate surface area is 153 Å². The third-order valence-corrected chi connectivity index (χ3v) is 5.15. The summed E-state index contributed by atoms with van der Waals surface area (Å²) in [6.45, 7) is 1.96. The number of halogens is 3. The van der Waals surface area contributed by atoms with Gasteiger partial charge in [0.15, 0.2) is 0 Å². The van der Waals surface area contributed by atoms with Crippen LogP contribution in [0.15, 0.2) is 30.3 Å². The van der Waals surface area contributed by atoms with E-state index in [0.717, 1.165) is 10.9 Å². The van der Waals surface area contributed by atoms with Crippen LogP contribution in [0.2, 0.25) is 4.34 Å². The molecule has 0 saturated carbocycles. The lowest BCUT2D eigenvalue weighted by atomic mass is 10.1. The Hall–Kier alpha value is -1.54. The third kappa shape index (κ3) is 4.98. The highest BCUT2D eigenvalue weighted by atomic mass is 35.5. The number of carbonyl (C=O) groups is 1. The minimum Gasteiger partial charge on any atom is -0.371 e. The molecular weight excluding hydrogens is 370 g/mol. The van der Waals surface area contributed by atoms with Crippen molar-refractivity contribution in [1.29, 1.82) is 0 Å². The van der Waals surface area contributed by atoms with E-state index in [0.29, 0.717) is 36.1 Å². The van der Waals surface area contributed by atoms with Crippen molar-refractivity contribution < 1.29 is 18.3 Å². The molecule has 1 aromatic carbocycles. The Morgan fingerprint density at radius 1 is 1.36 bits per heavy atom. The fraction of sp³-hybridized carbons (Fsp3) is 0.353. The standard InChI is InChI=1S/C17H17ClF2N2O2S/c18-16-4-2-12(25-16)8-21-17(23)10-22-5-6-24-15(9-22)13-3-1-11(19)7-14(13)20/h1-4,7,15H,5-6,8-10H2,(H,21,23). The highest BCUT2D eigenvalue weighted by Crippen LogP contribution is 2.25. The maximum atomic E-state index is 13.9. The average Bonchev–Trinajstić information content (AvgIpc) is 2.99. The number of morpholine rings is 1. The van der Waals surface area contributed by atoms with Crippen molar-refractivity contribution in [3.8, 4) is 0 Å². The van der Waals surface area contributed by atoms with Gasteiger partial charge in [0, 0.05) is 29.6 Å². The molecule has 1 amide bonds. The van der Waals surface area contributed by atoms with E-state index >= 15 is 0 Å². The summed E-state index contributed by atoms with van der Waals surface area (Å²) in [5, 5.41) is 2.84. The molecule has 4 nitrogen and oxygen atoms in total. The molecule has 2 heterocycles. The van der Waals surface area contributed by atoms with Crippen LogP contribution in [0.1, 0.15) is 16.5 Å². The number of rotatable bonds is 5. The maximum Gasteiger partial charge on any atom is 0.234 e. The lowest BCUT2D eigenvalue weighted by Crippen LogP contribution is -2.44. The van der Waals surface area contributed by atoms with Gasteiger partial charge in [-0.15, -0.1) is 11.3 Å². The predicted octanol–water partition coefficient (Wildman–Crippen LogP) is 3.37. The molecule has 0 bridgehead atoms. The van der Waals surface area contributed by atoms with Gasteiger partial charge in [-0.2, -0.15) is 0 Å². The van der Waals surface area contributed by atoms with Gasteiger partial charge in [0.25, 0.3) is 0 Å². The second-order valence-electron chi connectivity index (χ2n) is 5.74. The summed E-state index contributed by atoms with van der Waals surface area (Å²) < 4.78 is 33.2. The van der Waals surface area contributed by atoms with Gasteiger partial charge in [-0.25, -0.2) is 8.78 Å². The summed E-state index contributed by atoms with van der Waals surface area (Å²) in [4.78, 5) is 15.0. The van der Waals surface area contributed by atoms with Gasteiger partial charge >= 0.3 is 0 Å². The molecule has 1 aliphatic rings. The van der Waals surface area contributed by atoms with Crippen LogP contribution in [0.5, 0.6) is 0 Å². The van der Waals surface area contributed by atoms with Crippen LogP contribution in [-0.2, 0) is 16.1 Å². The summed E-state index contributed by atoms with van der Waals surface area (Å²) >= 11 is 7.28. The van der Waals surface area contributed by atoms with Crippen molar-refractivity contribution in [3.05, 3.63) is 56.7 Å². The van der Waals surface area contributed by atoms with Gasteiger partial charge in [-0.05, 0) is 18.2 Å². The van der Waals surface area contributed by atoms with Crippen LogP contribution >= 0.6 is 22.9 Å². The maximum absolute atomic E-state index is 13.9. The van der Waals surface area contributed by atoms with Gasteiger partial charge < -0.3 is 10.1 Å². The van der Waals surface area contributed by atoms with E-state index in [-0.39, 0.29) is 12.5 Å². The zero-order valence-electron chi connectivity index (χ0n) is 13.3. The van der Waals surface area contributed by atoms with Gasteiger partial charge in [0.05, 0.1) is 30.1 Å². The van der Waals surface area contributed by atoms with E-state index < -0.39 is 17.7 Å². The zero-order valence-corrected chi connectivity index (χ0v) is 14.9. The molecule has 3 rings (SSSR count). The molecule has 0 spiro atoms. The molecule has 1 unspecified atom stereocenters. The monoisotopic (exact) mass is 386 g/mol. The minimum atomic E-state index is -0.633. The fourth-order valence-corrected chi connectivity index (χ4v) is 3.72. The van der Waals surface area contributed by atoms with Gasteiger partial charge in [-0.1, -0.05) is 17.7 Å². The van der Waals surface area contributed by atoms with Crippen molar-refractivity contribution in [2.24, 2.45) is 0 Å². The molecule has 8 heteroatoms. The lowest BCUT2D eigenvalue weighted by Gasteiger charge is -2.32. The number of hydrogen-bond acceptors (Lipinski definition) is 4. The molecule has 1 fully saturated rings. The highest BCUT2D eigenvalue weighted by Gasteiger charge is 2.25. The number of nitrogens with zero attached hydrogens (tertiary/aromatic N) is 1. The number of nitrogens with one attached hydrogen (secondary N) is 1. The number of ether oxygens (including phenoxy) is 1. The molecule has 1 aromatic heterocycles. The van der Waals surface area contributed by atoms with Gasteiger partial charge in [0.2, 0.25) is 5.91 Å². The van der Waals surface area contributed by atoms with E-state index in [9.17, 15) is 13.6 Å². The summed E-state index contributed by atoms with van der Waals surface area (Å²) in [6.07, 6.45) is -0.516. The van der Waals surface area contributed by atoms with Crippen molar-refractivity contribution in [1.82, 2.24) is 10.2 Å². The Morgan fingerprint density at radius 3 is 2.92 bits per heavy atom. The first kappa shape index (κ1) is 18.3. The topological polar surface area (TPSA) is 41.6 Å². The quantitative estimate of drug-likeness (QED) is 0.856.